The molecule has 2 aliphatic rings. The zero-order chi connectivity index (χ0) is 17.8. The van der Waals surface area contributed by atoms with Gasteiger partial charge in [-0.2, -0.15) is 0 Å². The largest absolute Gasteiger partial charge is 0.467 e. The highest BCUT2D eigenvalue weighted by atomic mass is 16.5. The van der Waals surface area contributed by atoms with Crippen LogP contribution in [-0.2, 0) is 22.6 Å². The van der Waals surface area contributed by atoms with Crippen molar-refractivity contribution in [2.45, 2.75) is 32.0 Å². The molecule has 2 aromatic heterocycles. The minimum atomic E-state index is -0.0824. The number of nitrogens with one attached hydrogen (secondary N) is 1. The van der Waals surface area contributed by atoms with Crippen LogP contribution < -0.4 is 5.32 Å². The first kappa shape index (κ1) is 17.2. The average molecular weight is 355 g/mol. The van der Waals surface area contributed by atoms with Gasteiger partial charge in [0.1, 0.15) is 5.76 Å². The molecule has 0 bridgehead atoms. The first-order valence-electron chi connectivity index (χ1n) is 9.32. The number of aromatic nitrogens is 1. The number of carbonyl (C=O) groups excluding carboxylic acids is 1. The molecule has 2 aromatic rings. The van der Waals surface area contributed by atoms with Gasteiger partial charge in [0, 0.05) is 25.8 Å². The fraction of sp³-hybridized carbons (Fsp3) is 0.500. The highest BCUT2D eigenvalue weighted by Crippen LogP contribution is 2.32. The van der Waals surface area contributed by atoms with E-state index in [9.17, 15) is 4.79 Å². The van der Waals surface area contributed by atoms with E-state index in [0.29, 0.717) is 19.1 Å². The molecule has 0 unspecified atom stereocenters. The maximum Gasteiger partial charge on any atom is 0.225 e. The Hall–Kier alpha value is -2.18. The Morgan fingerprint density at radius 3 is 3.08 bits per heavy atom. The monoisotopic (exact) mass is 355 g/mol. The first-order chi connectivity index (χ1) is 12.8. The van der Waals surface area contributed by atoms with E-state index < -0.39 is 0 Å². The molecule has 1 amide bonds. The summed E-state index contributed by atoms with van der Waals surface area (Å²) >= 11 is 0. The van der Waals surface area contributed by atoms with Gasteiger partial charge in [-0.3, -0.25) is 14.7 Å². The van der Waals surface area contributed by atoms with Gasteiger partial charge in [-0.15, -0.1) is 0 Å². The summed E-state index contributed by atoms with van der Waals surface area (Å²) in [7, 11) is 0. The number of furan rings is 1. The number of hydrogen-bond acceptors (Lipinski definition) is 5. The molecule has 3 atom stereocenters. The van der Waals surface area contributed by atoms with Crippen molar-refractivity contribution in [1.82, 2.24) is 15.2 Å². The van der Waals surface area contributed by atoms with Crippen molar-refractivity contribution >= 4 is 5.91 Å². The third-order valence-corrected chi connectivity index (χ3v) is 5.35. The second-order valence-corrected chi connectivity index (χ2v) is 7.21. The topological polar surface area (TPSA) is 67.6 Å². The Labute approximate surface area is 153 Å². The molecule has 6 heteroatoms. The number of nitrogens with zero attached hydrogens (tertiary/aromatic N) is 2. The maximum atomic E-state index is 12.5. The Kier molecular flexibility index (Phi) is 5.32. The number of amides is 1. The van der Waals surface area contributed by atoms with Crippen LogP contribution in [0.3, 0.4) is 0 Å². The van der Waals surface area contributed by atoms with Crippen LogP contribution in [0, 0.1) is 11.8 Å². The van der Waals surface area contributed by atoms with Crippen molar-refractivity contribution in [2.24, 2.45) is 11.8 Å². The van der Waals surface area contributed by atoms with Crippen LogP contribution in [0.4, 0.5) is 0 Å². The van der Waals surface area contributed by atoms with Gasteiger partial charge in [-0.25, -0.2) is 0 Å². The molecule has 4 heterocycles. The molecule has 2 aliphatic heterocycles. The van der Waals surface area contributed by atoms with E-state index in [0.717, 1.165) is 43.9 Å². The molecule has 2 fully saturated rings. The lowest BCUT2D eigenvalue weighted by Gasteiger charge is -2.43. The highest BCUT2D eigenvalue weighted by Gasteiger charge is 2.38. The minimum Gasteiger partial charge on any atom is -0.467 e. The average Bonchev–Trinajstić information content (AvgIpc) is 3.20. The molecule has 0 aliphatic carbocycles. The van der Waals surface area contributed by atoms with Crippen molar-refractivity contribution in [1.29, 1.82) is 0 Å². The van der Waals surface area contributed by atoms with Gasteiger partial charge in [0.05, 0.1) is 37.1 Å². The fourth-order valence-electron chi connectivity index (χ4n) is 3.98. The normalized spacial score (nSPS) is 26.2. The molecular weight excluding hydrogens is 330 g/mol. The predicted molar refractivity (Wildman–Crippen MR) is 96.0 cm³/mol. The number of ether oxygens (including phenoxy) is 1. The van der Waals surface area contributed by atoms with Crippen LogP contribution in [0.25, 0.3) is 0 Å². The van der Waals surface area contributed by atoms with Crippen molar-refractivity contribution < 1.29 is 13.9 Å². The zero-order valence-electron chi connectivity index (χ0n) is 14.8. The van der Waals surface area contributed by atoms with Crippen molar-refractivity contribution in [2.75, 3.05) is 19.7 Å². The van der Waals surface area contributed by atoms with E-state index in [1.807, 2.05) is 30.5 Å². The number of pyridine rings is 1. The third-order valence-electron chi connectivity index (χ3n) is 5.35. The lowest BCUT2D eigenvalue weighted by Crippen LogP contribution is -2.50. The summed E-state index contributed by atoms with van der Waals surface area (Å²) in [6.07, 6.45) is 5.65. The summed E-state index contributed by atoms with van der Waals surface area (Å²) in [6, 6.07) is 9.72. The zero-order valence-corrected chi connectivity index (χ0v) is 14.8. The van der Waals surface area contributed by atoms with Crippen LogP contribution >= 0.6 is 0 Å². The van der Waals surface area contributed by atoms with Crippen molar-refractivity contribution in [3.8, 4) is 0 Å². The van der Waals surface area contributed by atoms with Gasteiger partial charge in [0.15, 0.2) is 0 Å². The Morgan fingerprint density at radius 1 is 1.31 bits per heavy atom. The van der Waals surface area contributed by atoms with E-state index in [1.165, 1.54) is 0 Å². The lowest BCUT2D eigenvalue weighted by molar-refractivity contribution is -0.139. The number of carbonyl (C=O) groups is 1. The standard InChI is InChI=1S/C20H25N3O3/c24-20(22-11-18-5-3-9-25-18)16-10-15-12-23(8-6-19(15)26-14-16)13-17-4-1-2-7-21-17/h1-5,7,9,15-16,19H,6,8,10-14H2,(H,22,24)/t15-,16-,19+/m1/s1. The number of piperidine rings is 1. The molecule has 26 heavy (non-hydrogen) atoms. The quantitative estimate of drug-likeness (QED) is 0.891. The lowest BCUT2D eigenvalue weighted by atomic mass is 9.83. The van der Waals surface area contributed by atoms with Gasteiger partial charge < -0.3 is 14.5 Å². The van der Waals surface area contributed by atoms with Crippen LogP contribution in [0.5, 0.6) is 0 Å². The molecule has 0 aromatic carbocycles. The molecule has 4 rings (SSSR count). The van der Waals surface area contributed by atoms with E-state index in [-0.39, 0.29) is 17.9 Å². The number of likely N-dealkylation sites (tertiary alicyclic amines) is 1. The summed E-state index contributed by atoms with van der Waals surface area (Å²) in [6.45, 7) is 3.79. The fourth-order valence-corrected chi connectivity index (χ4v) is 3.98. The molecule has 2 saturated heterocycles. The summed E-state index contributed by atoms with van der Waals surface area (Å²) in [5, 5.41) is 2.97. The number of rotatable bonds is 5. The smallest absolute Gasteiger partial charge is 0.225 e. The summed E-state index contributed by atoms with van der Waals surface area (Å²) < 4.78 is 11.3. The Bertz CT molecular complexity index is 704. The SMILES string of the molecule is O=C(NCc1ccco1)[C@H]1CO[C@H]2CCN(Cc3ccccn3)C[C@H]2C1. The van der Waals surface area contributed by atoms with Crippen molar-refractivity contribution in [3.63, 3.8) is 0 Å². The highest BCUT2D eigenvalue weighted by molar-refractivity contribution is 5.78. The summed E-state index contributed by atoms with van der Waals surface area (Å²) in [4.78, 5) is 19.3. The summed E-state index contributed by atoms with van der Waals surface area (Å²) in [5.41, 5.74) is 1.09. The maximum absolute atomic E-state index is 12.5. The van der Waals surface area contributed by atoms with Gasteiger partial charge in [-0.05, 0) is 43.0 Å². The molecule has 0 saturated carbocycles. The molecule has 6 nitrogen and oxygen atoms in total. The van der Waals surface area contributed by atoms with Gasteiger partial charge in [0.25, 0.3) is 0 Å². The second-order valence-electron chi connectivity index (χ2n) is 7.21. The minimum absolute atomic E-state index is 0.0571. The molecule has 0 radical (unpaired) electrons. The van der Waals surface area contributed by atoms with Crippen molar-refractivity contribution in [3.05, 3.63) is 54.2 Å². The molecule has 138 valence electrons. The Balaban J connectivity index is 1.30. The first-order valence-corrected chi connectivity index (χ1v) is 9.32. The number of hydrogen-bond donors (Lipinski definition) is 1. The number of fused-ring (bicyclic) bond motifs is 1. The van der Waals surface area contributed by atoms with Gasteiger partial charge >= 0.3 is 0 Å². The van der Waals surface area contributed by atoms with E-state index in [2.05, 4.69) is 21.3 Å². The molecule has 0 spiro atoms. The Morgan fingerprint density at radius 2 is 2.27 bits per heavy atom. The van der Waals surface area contributed by atoms with Crippen LogP contribution in [0.15, 0.2) is 47.2 Å². The van der Waals surface area contributed by atoms with Gasteiger partial charge in [-0.1, -0.05) is 6.07 Å². The van der Waals surface area contributed by atoms with Crippen LogP contribution in [0.1, 0.15) is 24.3 Å². The second kappa shape index (κ2) is 8.01. The van der Waals surface area contributed by atoms with Crippen LogP contribution in [-0.4, -0.2) is 41.6 Å². The van der Waals surface area contributed by atoms with E-state index >= 15 is 0 Å². The predicted octanol–water partition coefficient (Wildman–Crippen LogP) is 2.22. The van der Waals surface area contributed by atoms with Crippen LogP contribution in [0.2, 0.25) is 0 Å². The molecule has 1 N–H and O–H groups in total. The summed E-state index contributed by atoms with van der Waals surface area (Å²) in [5.74, 6) is 1.15. The van der Waals surface area contributed by atoms with E-state index in [1.54, 1.807) is 6.26 Å². The molecular formula is C20H25N3O3. The van der Waals surface area contributed by atoms with E-state index in [4.69, 9.17) is 9.15 Å². The van der Waals surface area contributed by atoms with Gasteiger partial charge in [0.2, 0.25) is 5.91 Å². The third kappa shape index (κ3) is 4.14.